The van der Waals surface area contributed by atoms with Crippen LogP contribution in [0.25, 0.3) is 5.57 Å². The van der Waals surface area contributed by atoms with E-state index in [-0.39, 0.29) is 97.2 Å². The molecule has 0 spiro atoms. The Morgan fingerprint density at radius 2 is 1.46 bits per heavy atom. The summed E-state index contributed by atoms with van der Waals surface area (Å²) in [6.45, 7) is 7.41. The van der Waals surface area contributed by atoms with Crippen LogP contribution in [0, 0.1) is 13.8 Å². The maximum atomic E-state index is 11.4. The van der Waals surface area contributed by atoms with Gasteiger partial charge in [0.1, 0.15) is 20.2 Å². The smallest absolute Gasteiger partial charge is 0.744 e. The summed E-state index contributed by atoms with van der Waals surface area (Å²) >= 11 is 0. The molecule has 1 aliphatic heterocycles. The third-order valence-electron chi connectivity index (χ3n) is 3.90. The number of nitrogens with one attached hydrogen (secondary N) is 1. The summed E-state index contributed by atoms with van der Waals surface area (Å²) in [7, 11) is -9.33. The first-order chi connectivity index (χ1) is 10.8. The zero-order valence-electron chi connectivity index (χ0n) is 15.7. The predicted molar refractivity (Wildman–Crippen MR) is 86.3 cm³/mol. The first kappa shape index (κ1) is 26.2. The molecule has 1 aliphatic rings. The monoisotopic (exact) mass is 418 g/mol. The Balaban J connectivity index is 0.00000312. The predicted octanol–water partition coefficient (Wildman–Crippen LogP) is -4.43. The van der Waals surface area contributed by atoms with E-state index in [0.29, 0.717) is 11.3 Å². The minimum Gasteiger partial charge on any atom is -0.744 e. The summed E-state index contributed by atoms with van der Waals surface area (Å²) in [5, 5.41) is 0. The molecule has 0 aromatic carbocycles. The van der Waals surface area contributed by atoms with Gasteiger partial charge in [-0.25, -0.2) is 16.8 Å². The zero-order chi connectivity index (χ0) is 18.6. The summed E-state index contributed by atoms with van der Waals surface area (Å²) in [6.07, 6.45) is 0. The van der Waals surface area contributed by atoms with Crippen LogP contribution in [0.3, 0.4) is 0 Å². The maximum absolute atomic E-state index is 11.4. The minimum absolute atomic E-state index is 0. The molecule has 26 heavy (non-hydrogen) atoms. The van der Waals surface area contributed by atoms with Crippen molar-refractivity contribution in [3.63, 3.8) is 0 Å². The van der Waals surface area contributed by atoms with E-state index in [4.69, 9.17) is 0 Å². The van der Waals surface area contributed by atoms with Gasteiger partial charge in [-0.3, -0.25) is 4.99 Å². The van der Waals surface area contributed by atoms with E-state index >= 15 is 0 Å². The Labute approximate surface area is 197 Å². The van der Waals surface area contributed by atoms with Crippen LogP contribution in [-0.4, -0.2) is 36.6 Å². The number of aliphatic imine (C=N–C) groups is 1. The van der Waals surface area contributed by atoms with Crippen LogP contribution in [0.2, 0.25) is 0 Å². The van der Waals surface area contributed by atoms with Gasteiger partial charge in [0.15, 0.2) is 0 Å². The van der Waals surface area contributed by atoms with Crippen LogP contribution >= 0.6 is 0 Å². The second-order valence-corrected chi connectivity index (χ2v) is 8.25. The van der Waals surface area contributed by atoms with E-state index in [1.807, 2.05) is 0 Å². The average Bonchev–Trinajstić information content (AvgIpc) is 2.84. The molecule has 2 heterocycles. The largest absolute Gasteiger partial charge is 1.00 e. The molecule has 0 atom stereocenters. The molecule has 1 aromatic heterocycles. The molecule has 0 radical (unpaired) electrons. The molecule has 0 fully saturated rings. The third-order valence-corrected chi connectivity index (χ3v) is 6.12. The van der Waals surface area contributed by atoms with Crippen molar-refractivity contribution < 1.29 is 85.1 Å². The van der Waals surface area contributed by atoms with Crippen molar-refractivity contribution in [1.82, 2.24) is 4.98 Å². The molecule has 12 heteroatoms. The van der Waals surface area contributed by atoms with Crippen molar-refractivity contribution in [2.45, 2.75) is 39.5 Å². The van der Waals surface area contributed by atoms with Crippen molar-refractivity contribution in [1.29, 1.82) is 0 Å². The van der Waals surface area contributed by atoms with Gasteiger partial charge in [0.2, 0.25) is 0 Å². The van der Waals surface area contributed by atoms with E-state index in [2.05, 4.69) is 9.98 Å². The van der Waals surface area contributed by atoms with E-state index in [1.54, 1.807) is 6.92 Å². The zero-order valence-corrected chi connectivity index (χ0v) is 21.3. The summed E-state index contributed by atoms with van der Waals surface area (Å²) in [5.74, 6) is 0. The summed E-state index contributed by atoms with van der Waals surface area (Å²) in [6, 6.07) is 0. The Bertz CT molecular complexity index is 1050. The molecule has 8 nitrogen and oxygen atoms in total. The SMILES string of the molecule is CC1=N/C(=C(/C)c2[nH]c(C)c(S(=O)(=O)[O-])c2C)C(C)=C1S(=O)(=O)[O-].[Na+].[Na+]. The summed E-state index contributed by atoms with van der Waals surface area (Å²) in [4.78, 5) is 6.24. The molecule has 0 unspecified atom stereocenters. The fraction of sp³-hybridized carbons (Fsp3) is 0.357. The van der Waals surface area contributed by atoms with Crippen LogP contribution < -0.4 is 59.1 Å². The molecular formula is C14H16N2Na2O6S2. The molecular weight excluding hydrogens is 402 g/mol. The van der Waals surface area contributed by atoms with E-state index in [9.17, 15) is 25.9 Å². The molecule has 0 amide bonds. The fourth-order valence-corrected chi connectivity index (χ4v) is 4.80. The summed E-state index contributed by atoms with van der Waals surface area (Å²) in [5.41, 5.74) is 1.76. The first-order valence-electron chi connectivity index (χ1n) is 6.86. The molecule has 2 rings (SSSR count). The van der Waals surface area contributed by atoms with Gasteiger partial charge in [0.25, 0.3) is 0 Å². The van der Waals surface area contributed by atoms with Gasteiger partial charge in [-0.15, -0.1) is 0 Å². The number of aryl methyl sites for hydroxylation is 1. The number of rotatable bonds is 3. The Kier molecular flexibility index (Phi) is 8.81. The molecule has 132 valence electrons. The molecule has 0 saturated carbocycles. The molecule has 0 bridgehead atoms. The van der Waals surface area contributed by atoms with Gasteiger partial charge in [-0.2, -0.15) is 0 Å². The van der Waals surface area contributed by atoms with Crippen LogP contribution in [-0.2, 0) is 20.2 Å². The molecule has 1 N–H and O–H groups in total. The van der Waals surface area contributed by atoms with Crippen LogP contribution in [0.15, 0.2) is 26.1 Å². The van der Waals surface area contributed by atoms with Crippen molar-refractivity contribution >= 4 is 31.5 Å². The standard InChI is InChI=1S/C14H18N2O6S2.2Na/c1-6(11-7(2)13(9(4)15-11)23(17,18)19)12-8(3)14(10(5)16-12)24(20,21)22;;/h15H,1-5H3,(H,17,18,19)(H,20,21,22);;/q;2*+1/p-2/b12-6-;;. The number of hydrogen-bond acceptors (Lipinski definition) is 7. The van der Waals surface area contributed by atoms with E-state index < -0.39 is 20.2 Å². The van der Waals surface area contributed by atoms with Crippen LogP contribution in [0.1, 0.15) is 37.7 Å². The van der Waals surface area contributed by atoms with Gasteiger partial charge in [-0.05, 0) is 51.3 Å². The van der Waals surface area contributed by atoms with Crippen molar-refractivity contribution in [2.24, 2.45) is 4.99 Å². The molecule has 1 aromatic rings. The van der Waals surface area contributed by atoms with Gasteiger partial charge >= 0.3 is 59.1 Å². The van der Waals surface area contributed by atoms with Crippen molar-refractivity contribution in [2.75, 3.05) is 0 Å². The number of allylic oxidation sites excluding steroid dienone is 3. The maximum Gasteiger partial charge on any atom is 1.00 e. The van der Waals surface area contributed by atoms with Crippen LogP contribution in [0.4, 0.5) is 0 Å². The van der Waals surface area contributed by atoms with Gasteiger partial charge in [-0.1, -0.05) is 0 Å². The van der Waals surface area contributed by atoms with Gasteiger partial charge in [0, 0.05) is 11.4 Å². The Morgan fingerprint density at radius 3 is 1.81 bits per heavy atom. The van der Waals surface area contributed by atoms with Crippen molar-refractivity contribution in [3.05, 3.63) is 33.1 Å². The van der Waals surface area contributed by atoms with Crippen molar-refractivity contribution in [3.8, 4) is 0 Å². The van der Waals surface area contributed by atoms with E-state index in [1.165, 1.54) is 27.7 Å². The quantitative estimate of drug-likeness (QED) is 0.388. The molecule has 0 saturated heterocycles. The normalized spacial score (nSPS) is 16.8. The topological polar surface area (TPSA) is 143 Å². The Morgan fingerprint density at radius 1 is 0.962 bits per heavy atom. The average molecular weight is 418 g/mol. The van der Waals surface area contributed by atoms with E-state index in [0.717, 1.165) is 0 Å². The first-order valence-corrected chi connectivity index (χ1v) is 9.67. The Hall–Kier alpha value is 0.250. The fourth-order valence-electron chi connectivity index (χ4n) is 3.02. The second kappa shape index (κ2) is 8.73. The number of aromatic nitrogens is 1. The summed E-state index contributed by atoms with van der Waals surface area (Å²) < 4.78 is 68.3. The third kappa shape index (κ3) is 4.80. The van der Waals surface area contributed by atoms with Crippen LogP contribution in [0.5, 0.6) is 0 Å². The van der Waals surface area contributed by atoms with Gasteiger partial charge in [0.05, 0.1) is 21.2 Å². The number of hydrogen-bond donors (Lipinski definition) is 1. The van der Waals surface area contributed by atoms with Gasteiger partial charge < -0.3 is 14.1 Å². The molecule has 0 aliphatic carbocycles. The minimum atomic E-state index is -4.68. The number of H-pyrrole nitrogens is 1. The second-order valence-electron chi connectivity index (χ2n) is 5.61. The number of aromatic amines is 1. The number of nitrogens with zero attached hydrogens (tertiary/aromatic N) is 1.